The molecule has 3 rings (SSSR count). The fraction of sp³-hybridized carbons (Fsp3) is 0.158. The van der Waals surface area contributed by atoms with Gasteiger partial charge in [0, 0.05) is 20.9 Å². The minimum absolute atomic E-state index is 0.137. The van der Waals surface area contributed by atoms with E-state index in [1.807, 2.05) is 0 Å². The molecule has 7 nitrogen and oxygen atoms in total. The van der Waals surface area contributed by atoms with E-state index in [9.17, 15) is 14.7 Å². The fourth-order valence-corrected chi connectivity index (χ4v) is 4.10. The average molecular weight is 512 g/mol. The van der Waals surface area contributed by atoms with E-state index in [-0.39, 0.29) is 17.9 Å². The van der Waals surface area contributed by atoms with Gasteiger partial charge in [0.2, 0.25) is 0 Å². The van der Waals surface area contributed by atoms with Crippen molar-refractivity contribution in [3.63, 3.8) is 0 Å². The van der Waals surface area contributed by atoms with E-state index in [2.05, 4.69) is 42.2 Å². The Balaban J connectivity index is 1.91. The summed E-state index contributed by atoms with van der Waals surface area (Å²) in [5.41, 5.74) is 0.117. The van der Waals surface area contributed by atoms with Gasteiger partial charge >= 0.3 is 0 Å². The zero-order valence-electron chi connectivity index (χ0n) is 14.9. The van der Waals surface area contributed by atoms with E-state index >= 15 is 0 Å². The molecular formula is C19H16Br2N2O5. The van der Waals surface area contributed by atoms with Crippen LogP contribution in [-0.4, -0.2) is 30.2 Å². The smallest absolute Gasteiger partial charge is 0.265 e. The molecule has 0 aliphatic heterocycles. The van der Waals surface area contributed by atoms with Gasteiger partial charge in [-0.05, 0) is 45.8 Å². The number of H-pyrrole nitrogens is 1. The van der Waals surface area contributed by atoms with E-state index in [1.165, 1.54) is 14.2 Å². The summed E-state index contributed by atoms with van der Waals surface area (Å²) in [6.07, 6.45) is 0. The van der Waals surface area contributed by atoms with E-state index in [1.54, 1.807) is 30.3 Å². The lowest BCUT2D eigenvalue weighted by Gasteiger charge is -2.12. The zero-order valence-corrected chi connectivity index (χ0v) is 18.1. The third kappa shape index (κ3) is 3.85. The molecule has 0 spiro atoms. The Hall–Kier alpha value is -2.52. The number of benzene rings is 2. The SMILES string of the molecule is COc1ccc(CNC(=O)c2c(O)c3cc(Br)cc(Br)c3[nH]c2=O)cc1OC. The van der Waals surface area contributed by atoms with Gasteiger partial charge in [0.15, 0.2) is 11.5 Å². The first-order valence-electron chi connectivity index (χ1n) is 8.08. The van der Waals surface area contributed by atoms with Crippen molar-refractivity contribution in [2.45, 2.75) is 6.54 Å². The molecule has 0 saturated carbocycles. The van der Waals surface area contributed by atoms with E-state index in [0.29, 0.717) is 31.3 Å². The van der Waals surface area contributed by atoms with Crippen LogP contribution in [0.25, 0.3) is 10.9 Å². The number of methoxy groups -OCH3 is 2. The molecule has 0 aliphatic carbocycles. The number of aromatic amines is 1. The Labute approximate surface area is 176 Å². The van der Waals surface area contributed by atoms with Crippen LogP contribution in [0.5, 0.6) is 17.2 Å². The number of carbonyl (C=O) groups excluding carboxylic acids is 1. The predicted molar refractivity (Wildman–Crippen MR) is 112 cm³/mol. The van der Waals surface area contributed by atoms with Gasteiger partial charge in [-0.15, -0.1) is 0 Å². The van der Waals surface area contributed by atoms with Crippen molar-refractivity contribution in [3.8, 4) is 17.2 Å². The second kappa shape index (κ2) is 8.24. The highest BCUT2D eigenvalue weighted by molar-refractivity contribution is 9.11. The molecule has 0 atom stereocenters. The summed E-state index contributed by atoms with van der Waals surface area (Å²) in [4.78, 5) is 27.6. The molecule has 146 valence electrons. The second-order valence-corrected chi connectivity index (χ2v) is 7.63. The minimum atomic E-state index is -0.688. The van der Waals surface area contributed by atoms with E-state index < -0.39 is 11.5 Å². The number of aromatic nitrogens is 1. The molecule has 3 aromatic rings. The highest BCUT2D eigenvalue weighted by Gasteiger charge is 2.20. The van der Waals surface area contributed by atoms with Crippen molar-refractivity contribution in [2.75, 3.05) is 14.2 Å². The number of halogens is 2. The lowest BCUT2D eigenvalue weighted by molar-refractivity contribution is 0.0947. The third-order valence-electron chi connectivity index (χ3n) is 4.14. The topological polar surface area (TPSA) is 101 Å². The van der Waals surface area contributed by atoms with Gasteiger partial charge in [0.1, 0.15) is 11.3 Å². The van der Waals surface area contributed by atoms with Crippen LogP contribution < -0.4 is 20.3 Å². The maximum Gasteiger partial charge on any atom is 0.265 e. The fourth-order valence-electron chi connectivity index (χ4n) is 2.78. The Morgan fingerprint density at radius 2 is 1.86 bits per heavy atom. The summed E-state index contributed by atoms with van der Waals surface area (Å²) in [6, 6.07) is 8.55. The lowest BCUT2D eigenvalue weighted by Crippen LogP contribution is -2.29. The monoisotopic (exact) mass is 510 g/mol. The number of nitrogens with one attached hydrogen (secondary N) is 2. The Morgan fingerprint density at radius 1 is 1.14 bits per heavy atom. The maximum atomic E-state index is 12.6. The number of rotatable bonds is 5. The summed E-state index contributed by atoms with van der Waals surface area (Å²) in [7, 11) is 3.05. The molecule has 2 aromatic carbocycles. The molecule has 28 heavy (non-hydrogen) atoms. The zero-order chi connectivity index (χ0) is 20.4. The maximum absolute atomic E-state index is 12.6. The highest BCUT2D eigenvalue weighted by atomic mass is 79.9. The molecule has 9 heteroatoms. The molecule has 0 bridgehead atoms. The Bertz CT molecular complexity index is 1130. The van der Waals surface area contributed by atoms with Crippen LogP contribution in [0.1, 0.15) is 15.9 Å². The van der Waals surface area contributed by atoms with Gasteiger partial charge in [-0.25, -0.2) is 0 Å². The van der Waals surface area contributed by atoms with Crippen LogP contribution >= 0.6 is 31.9 Å². The number of pyridine rings is 1. The predicted octanol–water partition coefficient (Wildman–Crippen LogP) is 3.71. The first-order chi connectivity index (χ1) is 13.3. The third-order valence-corrected chi connectivity index (χ3v) is 5.22. The second-order valence-electron chi connectivity index (χ2n) is 5.86. The number of hydrogen-bond donors (Lipinski definition) is 3. The first kappa shape index (κ1) is 20.2. The van der Waals surface area contributed by atoms with Crippen LogP contribution in [0.3, 0.4) is 0 Å². The average Bonchev–Trinajstić information content (AvgIpc) is 2.67. The van der Waals surface area contributed by atoms with Crippen LogP contribution in [0.2, 0.25) is 0 Å². The summed E-state index contributed by atoms with van der Waals surface area (Å²) >= 11 is 6.66. The normalized spacial score (nSPS) is 10.7. The van der Waals surface area contributed by atoms with Crippen LogP contribution in [0.4, 0.5) is 0 Å². The van der Waals surface area contributed by atoms with Crippen LogP contribution in [-0.2, 0) is 6.54 Å². The van der Waals surface area contributed by atoms with E-state index in [4.69, 9.17) is 9.47 Å². The largest absolute Gasteiger partial charge is 0.506 e. The van der Waals surface area contributed by atoms with Gasteiger partial charge < -0.3 is 24.9 Å². The molecule has 1 aromatic heterocycles. The van der Waals surface area contributed by atoms with E-state index in [0.717, 1.165) is 5.56 Å². The molecule has 1 amide bonds. The summed E-state index contributed by atoms with van der Waals surface area (Å²) in [5.74, 6) is 0.0183. The van der Waals surface area contributed by atoms with Crippen molar-refractivity contribution in [1.29, 1.82) is 0 Å². The highest BCUT2D eigenvalue weighted by Crippen LogP contribution is 2.33. The minimum Gasteiger partial charge on any atom is -0.506 e. The number of hydrogen-bond acceptors (Lipinski definition) is 5. The molecular weight excluding hydrogens is 496 g/mol. The van der Waals surface area contributed by atoms with Crippen molar-refractivity contribution in [3.05, 3.63) is 60.8 Å². The van der Waals surface area contributed by atoms with Crippen molar-refractivity contribution < 1.29 is 19.4 Å². The number of aromatic hydroxyl groups is 1. The Kier molecular flexibility index (Phi) is 5.95. The lowest BCUT2D eigenvalue weighted by atomic mass is 10.1. The standard InChI is InChI=1S/C19H16Br2N2O5/c1-27-13-4-3-9(5-14(13)28-2)8-22-18(25)15-17(24)11-6-10(20)7-12(21)16(11)23-19(15)26/h3-7H,8H2,1-2H3,(H,22,25)(H2,23,24,26). The molecule has 0 unspecified atom stereocenters. The molecule has 0 fully saturated rings. The summed E-state index contributed by atoms with van der Waals surface area (Å²) in [5, 5.41) is 13.5. The van der Waals surface area contributed by atoms with Gasteiger partial charge in [0.05, 0.1) is 19.7 Å². The number of ether oxygens (including phenoxy) is 2. The first-order valence-corrected chi connectivity index (χ1v) is 9.67. The molecule has 3 N–H and O–H groups in total. The quantitative estimate of drug-likeness (QED) is 0.485. The molecule has 0 aliphatic rings. The van der Waals surface area contributed by atoms with Crippen molar-refractivity contribution in [1.82, 2.24) is 10.3 Å². The number of carbonyl (C=O) groups is 1. The van der Waals surface area contributed by atoms with Crippen LogP contribution in [0.15, 0.2) is 44.1 Å². The van der Waals surface area contributed by atoms with Gasteiger partial charge in [-0.1, -0.05) is 22.0 Å². The molecule has 1 heterocycles. The molecule has 0 radical (unpaired) electrons. The van der Waals surface area contributed by atoms with Crippen molar-refractivity contribution in [2.24, 2.45) is 0 Å². The van der Waals surface area contributed by atoms with Crippen LogP contribution in [0, 0.1) is 0 Å². The van der Waals surface area contributed by atoms with Gasteiger partial charge in [0.25, 0.3) is 11.5 Å². The van der Waals surface area contributed by atoms with Gasteiger partial charge in [-0.3, -0.25) is 9.59 Å². The van der Waals surface area contributed by atoms with Gasteiger partial charge in [-0.2, -0.15) is 0 Å². The Morgan fingerprint density at radius 3 is 2.54 bits per heavy atom. The number of fused-ring (bicyclic) bond motifs is 1. The molecule has 0 saturated heterocycles. The summed E-state index contributed by atoms with van der Waals surface area (Å²) in [6.45, 7) is 0.137. The number of amides is 1. The van der Waals surface area contributed by atoms with Crippen molar-refractivity contribution >= 4 is 48.7 Å². The summed E-state index contributed by atoms with van der Waals surface area (Å²) < 4.78 is 11.7.